The molecule has 0 N–H and O–H groups in total. The van der Waals surface area contributed by atoms with Gasteiger partial charge in [0.15, 0.2) is 0 Å². The van der Waals surface area contributed by atoms with Crippen molar-refractivity contribution in [2.24, 2.45) is 0 Å². The van der Waals surface area contributed by atoms with Gasteiger partial charge in [-0.05, 0) is 25.1 Å². The van der Waals surface area contributed by atoms with Crippen LogP contribution >= 0.6 is 35.0 Å². The van der Waals surface area contributed by atoms with Gasteiger partial charge >= 0.3 is 5.97 Å². The second-order valence-electron chi connectivity index (χ2n) is 3.91. The summed E-state index contributed by atoms with van der Waals surface area (Å²) in [6.45, 7) is 1.88. The van der Waals surface area contributed by atoms with Gasteiger partial charge in [-0.2, -0.15) is 0 Å². The van der Waals surface area contributed by atoms with E-state index in [2.05, 4.69) is 9.72 Å². The number of carbonyl (C=O) groups is 1. The first-order chi connectivity index (χ1) is 9.01. The lowest BCUT2D eigenvalue weighted by Crippen LogP contribution is -2.03. The van der Waals surface area contributed by atoms with Crippen LogP contribution in [0.15, 0.2) is 23.1 Å². The Hall–Kier alpha value is -0.970. The van der Waals surface area contributed by atoms with Gasteiger partial charge in [0.2, 0.25) is 0 Å². The smallest absolute Gasteiger partial charge is 0.315 e. The summed E-state index contributed by atoms with van der Waals surface area (Å²) in [6, 6.07) is 5.37. The Morgan fingerprint density at radius 3 is 2.79 bits per heavy atom. The van der Waals surface area contributed by atoms with Crippen molar-refractivity contribution in [1.29, 1.82) is 0 Å². The van der Waals surface area contributed by atoms with E-state index in [0.29, 0.717) is 15.6 Å². The Morgan fingerprint density at radius 1 is 1.37 bits per heavy atom. The molecule has 0 aliphatic carbocycles. The summed E-state index contributed by atoms with van der Waals surface area (Å²) in [6.07, 6.45) is 0. The van der Waals surface area contributed by atoms with Gasteiger partial charge < -0.3 is 4.74 Å². The minimum Gasteiger partial charge on any atom is -0.468 e. The maximum absolute atomic E-state index is 11.2. The number of esters is 1. The Morgan fingerprint density at radius 2 is 2.11 bits per heavy atom. The summed E-state index contributed by atoms with van der Waals surface area (Å²) in [5.74, 6) is -0.0418. The number of aromatic nitrogens is 1. The van der Waals surface area contributed by atoms with Crippen LogP contribution < -0.4 is 0 Å². The molecule has 0 aliphatic heterocycles. The molecule has 0 atom stereocenters. The van der Waals surface area contributed by atoms with E-state index in [0.717, 1.165) is 16.0 Å². The third kappa shape index (κ3) is 3.32. The first-order valence-corrected chi connectivity index (χ1v) is 7.21. The highest BCUT2D eigenvalue weighted by Crippen LogP contribution is 2.34. The fraction of sp³-hybridized carbons (Fsp3) is 0.231. The number of fused-ring (bicyclic) bond motifs is 1. The summed E-state index contributed by atoms with van der Waals surface area (Å²) < 4.78 is 4.63. The number of hydrogen-bond donors (Lipinski definition) is 0. The quantitative estimate of drug-likeness (QED) is 0.631. The number of carbonyl (C=O) groups excluding carboxylic acids is 1. The Kier molecular flexibility index (Phi) is 4.55. The lowest BCUT2D eigenvalue weighted by Gasteiger charge is -2.09. The molecular formula is C13H11Cl2NO2S. The van der Waals surface area contributed by atoms with Gasteiger partial charge in [0.25, 0.3) is 0 Å². The first-order valence-electron chi connectivity index (χ1n) is 5.47. The van der Waals surface area contributed by atoms with Crippen molar-refractivity contribution in [3.8, 4) is 0 Å². The maximum Gasteiger partial charge on any atom is 0.315 e. The van der Waals surface area contributed by atoms with E-state index in [1.807, 2.05) is 13.0 Å². The number of pyridine rings is 1. The Bertz CT molecular complexity index is 646. The minimum absolute atomic E-state index is 0.235. The molecule has 1 heterocycles. The highest BCUT2D eigenvalue weighted by molar-refractivity contribution is 8.00. The predicted octanol–water partition coefficient (Wildman–Crippen LogP) is 4.12. The van der Waals surface area contributed by atoms with E-state index < -0.39 is 0 Å². The SMILES string of the molecule is COC(=O)CSc1cc(C)nc2c(Cl)cc(Cl)cc12. The van der Waals surface area contributed by atoms with Crippen LogP contribution in [-0.4, -0.2) is 23.8 Å². The van der Waals surface area contributed by atoms with Crippen LogP contribution in [0.5, 0.6) is 0 Å². The molecule has 0 amide bonds. The number of thioether (sulfide) groups is 1. The maximum atomic E-state index is 11.2. The second kappa shape index (κ2) is 5.99. The molecule has 0 saturated carbocycles. The molecule has 2 rings (SSSR count). The summed E-state index contributed by atoms with van der Waals surface area (Å²) in [5, 5.41) is 1.89. The fourth-order valence-corrected chi connectivity index (χ4v) is 3.15. The molecule has 6 heteroatoms. The van der Waals surface area contributed by atoms with Crippen LogP contribution in [-0.2, 0) is 9.53 Å². The highest BCUT2D eigenvalue weighted by atomic mass is 35.5. The molecule has 0 fully saturated rings. The zero-order valence-electron chi connectivity index (χ0n) is 10.4. The van der Waals surface area contributed by atoms with E-state index in [-0.39, 0.29) is 11.7 Å². The fourth-order valence-electron chi connectivity index (χ4n) is 1.66. The van der Waals surface area contributed by atoms with Crippen LogP contribution in [0.2, 0.25) is 10.0 Å². The summed E-state index contributed by atoms with van der Waals surface area (Å²) in [4.78, 5) is 16.5. The van der Waals surface area contributed by atoms with E-state index in [1.54, 1.807) is 12.1 Å². The minimum atomic E-state index is -0.277. The topological polar surface area (TPSA) is 39.2 Å². The zero-order chi connectivity index (χ0) is 14.0. The van der Waals surface area contributed by atoms with Gasteiger partial charge in [-0.25, -0.2) is 0 Å². The van der Waals surface area contributed by atoms with Gasteiger partial charge in [-0.15, -0.1) is 11.8 Å². The molecule has 1 aromatic carbocycles. The summed E-state index contributed by atoms with van der Waals surface area (Å²) in [5.41, 5.74) is 1.53. The zero-order valence-corrected chi connectivity index (χ0v) is 12.7. The van der Waals surface area contributed by atoms with Gasteiger partial charge in [0, 0.05) is 21.0 Å². The van der Waals surface area contributed by atoms with Crippen LogP contribution in [0, 0.1) is 6.92 Å². The van der Waals surface area contributed by atoms with Crippen molar-refractivity contribution < 1.29 is 9.53 Å². The first kappa shape index (κ1) is 14.4. The van der Waals surface area contributed by atoms with Crippen molar-refractivity contribution in [3.63, 3.8) is 0 Å². The number of nitrogens with zero attached hydrogens (tertiary/aromatic N) is 1. The van der Waals surface area contributed by atoms with Crippen LogP contribution in [0.25, 0.3) is 10.9 Å². The molecule has 0 bridgehead atoms. The third-order valence-corrected chi connectivity index (χ3v) is 4.03. The van der Waals surface area contributed by atoms with Crippen molar-refractivity contribution in [2.45, 2.75) is 11.8 Å². The summed E-state index contributed by atoms with van der Waals surface area (Å²) >= 11 is 13.5. The molecule has 100 valence electrons. The number of benzene rings is 1. The van der Waals surface area contributed by atoms with Crippen LogP contribution in [0.3, 0.4) is 0 Å². The number of halogens is 2. The molecule has 0 aliphatic rings. The van der Waals surface area contributed by atoms with Gasteiger partial charge in [0.1, 0.15) is 0 Å². The number of methoxy groups -OCH3 is 1. The van der Waals surface area contributed by atoms with Crippen molar-refractivity contribution >= 4 is 51.8 Å². The van der Waals surface area contributed by atoms with Gasteiger partial charge in [0.05, 0.1) is 23.4 Å². The molecule has 19 heavy (non-hydrogen) atoms. The lowest BCUT2D eigenvalue weighted by atomic mass is 10.2. The molecule has 2 aromatic rings. The number of hydrogen-bond acceptors (Lipinski definition) is 4. The summed E-state index contributed by atoms with van der Waals surface area (Å²) in [7, 11) is 1.37. The Labute approximate surface area is 125 Å². The van der Waals surface area contributed by atoms with Crippen LogP contribution in [0.4, 0.5) is 0 Å². The molecular weight excluding hydrogens is 305 g/mol. The number of aryl methyl sites for hydroxylation is 1. The second-order valence-corrected chi connectivity index (χ2v) is 5.77. The average Bonchev–Trinajstić information content (AvgIpc) is 2.36. The van der Waals surface area contributed by atoms with E-state index >= 15 is 0 Å². The van der Waals surface area contributed by atoms with Crippen molar-refractivity contribution in [1.82, 2.24) is 4.98 Å². The van der Waals surface area contributed by atoms with E-state index in [1.165, 1.54) is 18.9 Å². The molecule has 0 spiro atoms. The van der Waals surface area contributed by atoms with E-state index in [4.69, 9.17) is 23.2 Å². The average molecular weight is 316 g/mol. The monoisotopic (exact) mass is 315 g/mol. The standard InChI is InChI=1S/C13H11Cl2NO2S/c1-7-3-11(19-6-12(17)18-2)9-4-8(14)5-10(15)13(9)16-7/h3-5H,6H2,1-2H3. The molecule has 1 aromatic heterocycles. The number of ether oxygens (including phenoxy) is 1. The van der Waals surface area contributed by atoms with Gasteiger partial charge in [-0.3, -0.25) is 9.78 Å². The number of rotatable bonds is 3. The highest BCUT2D eigenvalue weighted by Gasteiger charge is 2.11. The molecule has 0 saturated heterocycles. The van der Waals surface area contributed by atoms with Crippen molar-refractivity contribution in [2.75, 3.05) is 12.9 Å². The normalized spacial score (nSPS) is 10.7. The van der Waals surface area contributed by atoms with E-state index in [9.17, 15) is 4.79 Å². The molecule has 0 radical (unpaired) electrons. The van der Waals surface area contributed by atoms with Crippen molar-refractivity contribution in [3.05, 3.63) is 33.9 Å². The van der Waals surface area contributed by atoms with Gasteiger partial charge in [-0.1, -0.05) is 23.2 Å². The molecule has 0 unspecified atom stereocenters. The lowest BCUT2D eigenvalue weighted by molar-refractivity contribution is -0.137. The third-order valence-electron chi connectivity index (χ3n) is 2.49. The molecule has 3 nitrogen and oxygen atoms in total. The van der Waals surface area contributed by atoms with Crippen LogP contribution in [0.1, 0.15) is 5.69 Å². The largest absolute Gasteiger partial charge is 0.468 e. The Balaban J connectivity index is 2.50. The predicted molar refractivity (Wildman–Crippen MR) is 79.2 cm³/mol.